The summed E-state index contributed by atoms with van der Waals surface area (Å²) in [5.41, 5.74) is 6.19. The topological polar surface area (TPSA) is 55.6 Å². The number of carbonyl (C=O) groups excluding carboxylic acids is 1. The highest BCUT2D eigenvalue weighted by Crippen LogP contribution is 2.23. The fraction of sp³-hybridized carbons (Fsp3) is 0.364. The molecule has 0 saturated carbocycles. The molecule has 16 heavy (non-hydrogen) atoms. The quantitative estimate of drug-likeness (QED) is 0.921. The molecule has 1 rings (SSSR count). The van der Waals surface area contributed by atoms with Gasteiger partial charge in [0, 0.05) is 18.1 Å². The van der Waals surface area contributed by atoms with Crippen molar-refractivity contribution in [2.24, 2.45) is 5.73 Å². The van der Waals surface area contributed by atoms with Crippen LogP contribution in [0.3, 0.4) is 0 Å². The maximum atomic E-state index is 10.8. The summed E-state index contributed by atoms with van der Waals surface area (Å²) in [6.07, 6.45) is 0.710. The van der Waals surface area contributed by atoms with E-state index in [-0.39, 0.29) is 0 Å². The van der Waals surface area contributed by atoms with Crippen LogP contribution in [-0.2, 0) is 6.42 Å². The molecular formula is C11H15BrN2O2. The number of hydrogen-bond donors (Lipinski definition) is 1. The molecule has 1 aromatic rings. The molecule has 0 radical (unpaired) electrons. The van der Waals surface area contributed by atoms with Gasteiger partial charge in [0.15, 0.2) is 0 Å². The first-order valence-corrected chi connectivity index (χ1v) is 5.67. The number of halogens is 1. The van der Waals surface area contributed by atoms with E-state index in [4.69, 9.17) is 10.5 Å². The average Bonchev–Trinajstić information content (AvgIpc) is 2.25. The Labute approximate surface area is 103 Å². The highest BCUT2D eigenvalue weighted by molar-refractivity contribution is 9.10. The average molecular weight is 287 g/mol. The first-order chi connectivity index (χ1) is 7.54. The summed E-state index contributed by atoms with van der Waals surface area (Å²) < 4.78 is 6.23. The smallest absolute Gasteiger partial charge is 0.314 e. The normalized spacial score (nSPS) is 9.94. The van der Waals surface area contributed by atoms with Gasteiger partial charge in [-0.3, -0.25) is 0 Å². The first kappa shape index (κ1) is 12.8. The predicted molar refractivity (Wildman–Crippen MR) is 66.6 cm³/mol. The minimum absolute atomic E-state index is 0.422. The highest BCUT2D eigenvalue weighted by atomic mass is 79.9. The lowest BCUT2D eigenvalue weighted by molar-refractivity contribution is 0.219. The molecule has 0 bridgehead atoms. The Hall–Kier alpha value is -1.23. The van der Waals surface area contributed by atoms with Crippen LogP contribution in [0.5, 0.6) is 5.75 Å². The number of amides is 2. The van der Waals surface area contributed by atoms with Crippen LogP contribution in [0.1, 0.15) is 5.56 Å². The Morgan fingerprint density at radius 2 is 2.25 bits per heavy atom. The summed E-state index contributed by atoms with van der Waals surface area (Å²) in [6.45, 7) is 0.572. The van der Waals surface area contributed by atoms with Crippen molar-refractivity contribution in [2.75, 3.05) is 20.7 Å². The highest BCUT2D eigenvalue weighted by Gasteiger charge is 2.07. The molecular weight excluding hydrogens is 272 g/mol. The summed E-state index contributed by atoms with van der Waals surface area (Å²) in [7, 11) is 3.30. The molecule has 4 nitrogen and oxygen atoms in total. The van der Waals surface area contributed by atoms with Gasteiger partial charge in [-0.05, 0) is 30.2 Å². The molecule has 0 saturated heterocycles. The van der Waals surface area contributed by atoms with E-state index in [1.54, 1.807) is 14.2 Å². The van der Waals surface area contributed by atoms with E-state index >= 15 is 0 Å². The van der Waals surface area contributed by atoms with Gasteiger partial charge in [-0.1, -0.05) is 15.9 Å². The largest absolute Gasteiger partial charge is 0.496 e. The minimum Gasteiger partial charge on any atom is -0.496 e. The summed E-state index contributed by atoms with van der Waals surface area (Å²) in [5.74, 6) is 0.820. The van der Waals surface area contributed by atoms with Crippen molar-refractivity contribution in [1.82, 2.24) is 4.90 Å². The Bertz CT molecular complexity index is 382. The number of likely N-dealkylation sites (N-methyl/N-ethyl adjacent to an activating group) is 1. The van der Waals surface area contributed by atoms with Crippen LogP contribution >= 0.6 is 15.9 Å². The minimum atomic E-state index is -0.422. The fourth-order valence-electron chi connectivity index (χ4n) is 1.34. The van der Waals surface area contributed by atoms with Crippen LogP contribution in [0.25, 0.3) is 0 Å². The van der Waals surface area contributed by atoms with Crippen molar-refractivity contribution in [3.63, 3.8) is 0 Å². The van der Waals surface area contributed by atoms with E-state index in [0.717, 1.165) is 15.8 Å². The Kier molecular flexibility index (Phi) is 4.61. The monoisotopic (exact) mass is 286 g/mol. The SMILES string of the molecule is COc1ccc(Br)cc1CCN(C)C(N)=O. The zero-order chi connectivity index (χ0) is 12.1. The summed E-state index contributed by atoms with van der Waals surface area (Å²) in [4.78, 5) is 12.3. The van der Waals surface area contributed by atoms with Gasteiger partial charge in [-0.15, -0.1) is 0 Å². The van der Waals surface area contributed by atoms with Crippen LogP contribution in [0.2, 0.25) is 0 Å². The third kappa shape index (κ3) is 3.41. The van der Waals surface area contributed by atoms with Gasteiger partial charge >= 0.3 is 6.03 Å². The Morgan fingerprint density at radius 3 is 2.81 bits per heavy atom. The molecule has 1 aromatic carbocycles. The van der Waals surface area contributed by atoms with E-state index in [0.29, 0.717) is 13.0 Å². The molecule has 0 atom stereocenters. The van der Waals surface area contributed by atoms with E-state index in [9.17, 15) is 4.79 Å². The van der Waals surface area contributed by atoms with Gasteiger partial charge in [0.2, 0.25) is 0 Å². The van der Waals surface area contributed by atoms with E-state index in [1.807, 2.05) is 18.2 Å². The lowest BCUT2D eigenvalue weighted by Crippen LogP contribution is -2.33. The second-order valence-corrected chi connectivity index (χ2v) is 4.38. The van der Waals surface area contributed by atoms with E-state index in [2.05, 4.69) is 15.9 Å². The number of ether oxygens (including phenoxy) is 1. The van der Waals surface area contributed by atoms with Gasteiger partial charge in [0.05, 0.1) is 7.11 Å². The maximum Gasteiger partial charge on any atom is 0.314 e. The Morgan fingerprint density at radius 1 is 1.56 bits per heavy atom. The second-order valence-electron chi connectivity index (χ2n) is 3.47. The van der Waals surface area contributed by atoms with Gasteiger partial charge in [0.1, 0.15) is 5.75 Å². The van der Waals surface area contributed by atoms with Crippen LogP contribution in [0.4, 0.5) is 4.79 Å². The molecule has 0 aromatic heterocycles. The third-order valence-corrected chi connectivity index (χ3v) is 2.83. The van der Waals surface area contributed by atoms with E-state index < -0.39 is 6.03 Å². The molecule has 0 aliphatic rings. The number of methoxy groups -OCH3 is 1. The van der Waals surface area contributed by atoms with Gasteiger partial charge in [0.25, 0.3) is 0 Å². The zero-order valence-corrected chi connectivity index (χ0v) is 11.0. The van der Waals surface area contributed by atoms with Crippen LogP contribution in [-0.4, -0.2) is 31.6 Å². The lowest BCUT2D eigenvalue weighted by Gasteiger charge is -2.15. The van der Waals surface area contributed by atoms with E-state index in [1.165, 1.54) is 4.90 Å². The molecule has 0 heterocycles. The standard InChI is InChI=1S/C11H15BrN2O2/c1-14(11(13)15)6-5-8-7-9(12)3-4-10(8)16-2/h3-4,7H,5-6H2,1-2H3,(H2,13,15). The molecule has 0 fully saturated rings. The lowest BCUT2D eigenvalue weighted by atomic mass is 10.1. The van der Waals surface area contributed by atoms with Crippen molar-refractivity contribution < 1.29 is 9.53 Å². The van der Waals surface area contributed by atoms with Crippen molar-refractivity contribution in [1.29, 1.82) is 0 Å². The van der Waals surface area contributed by atoms with Gasteiger partial charge < -0.3 is 15.4 Å². The zero-order valence-electron chi connectivity index (χ0n) is 9.37. The van der Waals surface area contributed by atoms with Crippen LogP contribution in [0, 0.1) is 0 Å². The number of rotatable bonds is 4. The number of benzene rings is 1. The third-order valence-electron chi connectivity index (χ3n) is 2.34. The number of nitrogens with zero attached hydrogens (tertiary/aromatic N) is 1. The molecule has 2 N–H and O–H groups in total. The molecule has 2 amide bonds. The number of nitrogens with two attached hydrogens (primary N) is 1. The van der Waals surface area contributed by atoms with Gasteiger partial charge in [-0.25, -0.2) is 4.79 Å². The molecule has 0 spiro atoms. The summed E-state index contributed by atoms with van der Waals surface area (Å²) in [5, 5.41) is 0. The number of primary amides is 1. The first-order valence-electron chi connectivity index (χ1n) is 4.87. The summed E-state index contributed by atoms with van der Waals surface area (Å²) >= 11 is 3.40. The molecule has 5 heteroatoms. The second kappa shape index (κ2) is 5.75. The Balaban J connectivity index is 2.72. The van der Waals surface area contributed by atoms with Crippen LogP contribution in [0.15, 0.2) is 22.7 Å². The molecule has 0 aliphatic heterocycles. The predicted octanol–water partition coefficient (Wildman–Crippen LogP) is 2.01. The maximum absolute atomic E-state index is 10.8. The van der Waals surface area contributed by atoms with Crippen molar-refractivity contribution in [3.8, 4) is 5.75 Å². The van der Waals surface area contributed by atoms with Crippen LogP contribution < -0.4 is 10.5 Å². The number of carbonyl (C=O) groups is 1. The fourth-order valence-corrected chi connectivity index (χ4v) is 1.75. The molecule has 0 aliphatic carbocycles. The number of urea groups is 1. The van der Waals surface area contributed by atoms with Gasteiger partial charge in [-0.2, -0.15) is 0 Å². The van der Waals surface area contributed by atoms with Crippen molar-refractivity contribution in [2.45, 2.75) is 6.42 Å². The molecule has 88 valence electrons. The van der Waals surface area contributed by atoms with Crippen molar-refractivity contribution in [3.05, 3.63) is 28.2 Å². The van der Waals surface area contributed by atoms with Crippen molar-refractivity contribution >= 4 is 22.0 Å². The summed E-state index contributed by atoms with van der Waals surface area (Å²) in [6, 6.07) is 5.37. The number of hydrogen-bond acceptors (Lipinski definition) is 2. The molecule has 0 unspecified atom stereocenters.